The second kappa shape index (κ2) is 3.71. The average Bonchev–Trinajstić information content (AvgIpc) is 2.64. The predicted octanol–water partition coefficient (Wildman–Crippen LogP) is 4.80. The Bertz CT molecular complexity index is 660. The van der Waals surface area contributed by atoms with E-state index < -0.39 is 0 Å². The van der Waals surface area contributed by atoms with Crippen molar-refractivity contribution in [3.05, 3.63) is 57.1 Å². The summed E-state index contributed by atoms with van der Waals surface area (Å²) in [6.07, 6.45) is 1.10. The third-order valence-electron chi connectivity index (χ3n) is 4.61. The molecule has 0 aromatic heterocycles. The molecule has 0 bridgehead atoms. The maximum absolute atomic E-state index is 2.38. The predicted molar refractivity (Wildman–Crippen MR) is 78.4 cm³/mol. The fraction of sp³-hybridized carbons (Fsp3) is 0.333. The highest BCUT2D eigenvalue weighted by Gasteiger charge is 2.22. The highest BCUT2D eigenvalue weighted by Crippen LogP contribution is 2.41. The zero-order valence-corrected chi connectivity index (χ0v) is 11.9. The fourth-order valence-electron chi connectivity index (χ4n) is 3.14. The van der Waals surface area contributed by atoms with Crippen molar-refractivity contribution < 1.29 is 0 Å². The van der Waals surface area contributed by atoms with Crippen LogP contribution in [0.2, 0.25) is 0 Å². The molecule has 18 heavy (non-hydrogen) atoms. The fourth-order valence-corrected chi connectivity index (χ4v) is 3.14. The van der Waals surface area contributed by atoms with Crippen LogP contribution in [0.15, 0.2) is 18.2 Å². The first kappa shape index (κ1) is 11.5. The van der Waals surface area contributed by atoms with Gasteiger partial charge < -0.3 is 0 Å². The minimum Gasteiger partial charge on any atom is -0.0549 e. The van der Waals surface area contributed by atoms with E-state index in [1.165, 1.54) is 50.1 Å². The molecule has 0 atom stereocenters. The van der Waals surface area contributed by atoms with E-state index in [1.54, 1.807) is 0 Å². The van der Waals surface area contributed by atoms with E-state index >= 15 is 0 Å². The highest BCUT2D eigenvalue weighted by atomic mass is 14.3. The minimum atomic E-state index is 1.10. The van der Waals surface area contributed by atoms with E-state index in [2.05, 4.69) is 52.8 Å². The highest BCUT2D eigenvalue weighted by molar-refractivity contribution is 5.81. The van der Waals surface area contributed by atoms with Crippen LogP contribution in [0.3, 0.4) is 0 Å². The molecule has 1 aliphatic carbocycles. The molecule has 0 aliphatic heterocycles. The van der Waals surface area contributed by atoms with E-state index in [-0.39, 0.29) is 0 Å². The van der Waals surface area contributed by atoms with Crippen molar-refractivity contribution in [2.24, 2.45) is 0 Å². The van der Waals surface area contributed by atoms with Gasteiger partial charge in [-0.05, 0) is 91.1 Å². The number of fused-ring (bicyclic) bond motifs is 3. The van der Waals surface area contributed by atoms with E-state index in [4.69, 9.17) is 0 Å². The molecule has 0 unspecified atom stereocenters. The summed E-state index contributed by atoms with van der Waals surface area (Å²) in [5, 5.41) is 0. The molecule has 0 N–H and O–H groups in total. The summed E-state index contributed by atoms with van der Waals surface area (Å²) in [7, 11) is 0. The van der Waals surface area contributed by atoms with Crippen LogP contribution in [0, 0.1) is 34.6 Å². The molecular formula is C18H20. The van der Waals surface area contributed by atoms with Crippen molar-refractivity contribution in [1.82, 2.24) is 0 Å². The van der Waals surface area contributed by atoms with Gasteiger partial charge in [-0.15, -0.1) is 0 Å². The topological polar surface area (TPSA) is 0 Å². The molecule has 0 radical (unpaired) electrons. The zero-order valence-electron chi connectivity index (χ0n) is 11.9. The van der Waals surface area contributed by atoms with Gasteiger partial charge in [0.15, 0.2) is 0 Å². The third kappa shape index (κ3) is 1.45. The first-order valence-electron chi connectivity index (χ1n) is 6.69. The van der Waals surface area contributed by atoms with Crippen LogP contribution in [-0.4, -0.2) is 0 Å². The molecule has 0 fully saturated rings. The van der Waals surface area contributed by atoms with Crippen LogP contribution in [0.5, 0.6) is 0 Å². The molecule has 0 saturated heterocycles. The van der Waals surface area contributed by atoms with Gasteiger partial charge in [-0.1, -0.05) is 18.2 Å². The lowest BCUT2D eigenvalue weighted by Gasteiger charge is -2.12. The van der Waals surface area contributed by atoms with Gasteiger partial charge in [-0.25, -0.2) is 0 Å². The molecule has 0 heteroatoms. The summed E-state index contributed by atoms with van der Waals surface area (Å²) < 4.78 is 0. The molecule has 0 amide bonds. The Morgan fingerprint density at radius 3 is 2.00 bits per heavy atom. The molecule has 2 aromatic rings. The van der Waals surface area contributed by atoms with Gasteiger partial charge in [0.1, 0.15) is 0 Å². The maximum Gasteiger partial charge on any atom is -0.00131 e. The van der Waals surface area contributed by atoms with Gasteiger partial charge in [0.05, 0.1) is 0 Å². The minimum absolute atomic E-state index is 1.10. The van der Waals surface area contributed by atoms with Crippen LogP contribution in [0.1, 0.15) is 38.9 Å². The number of benzene rings is 2. The van der Waals surface area contributed by atoms with E-state index in [0.717, 1.165) is 6.42 Å². The SMILES string of the molecule is Cc1cc2c(cc1C)-c1c(cc(C)c(C)c1C)C2. The van der Waals surface area contributed by atoms with Crippen molar-refractivity contribution >= 4 is 0 Å². The molecule has 0 nitrogen and oxygen atoms in total. The third-order valence-corrected chi connectivity index (χ3v) is 4.61. The lowest BCUT2D eigenvalue weighted by molar-refractivity contribution is 1.20. The molecular weight excluding hydrogens is 216 g/mol. The number of rotatable bonds is 0. The van der Waals surface area contributed by atoms with Gasteiger partial charge in [0, 0.05) is 0 Å². The lowest BCUT2D eigenvalue weighted by Crippen LogP contribution is -1.92. The Hall–Kier alpha value is -1.56. The molecule has 0 spiro atoms. The summed E-state index contributed by atoms with van der Waals surface area (Å²) >= 11 is 0. The summed E-state index contributed by atoms with van der Waals surface area (Å²) in [4.78, 5) is 0. The Morgan fingerprint density at radius 2 is 1.28 bits per heavy atom. The monoisotopic (exact) mass is 236 g/mol. The van der Waals surface area contributed by atoms with Crippen molar-refractivity contribution in [1.29, 1.82) is 0 Å². The lowest BCUT2D eigenvalue weighted by atomic mass is 9.92. The van der Waals surface area contributed by atoms with Crippen molar-refractivity contribution in [3.63, 3.8) is 0 Å². The molecule has 3 rings (SSSR count). The normalized spacial score (nSPS) is 12.5. The molecule has 0 saturated carbocycles. The molecule has 2 aromatic carbocycles. The summed E-state index contributed by atoms with van der Waals surface area (Å²) in [6.45, 7) is 11.2. The van der Waals surface area contributed by atoms with Crippen molar-refractivity contribution in [3.8, 4) is 11.1 Å². The number of aryl methyl sites for hydroxylation is 3. The first-order valence-corrected chi connectivity index (χ1v) is 6.69. The Morgan fingerprint density at radius 1 is 0.667 bits per heavy atom. The number of hydrogen-bond acceptors (Lipinski definition) is 0. The largest absolute Gasteiger partial charge is 0.0549 e. The van der Waals surface area contributed by atoms with E-state index in [0.29, 0.717) is 0 Å². The average molecular weight is 236 g/mol. The van der Waals surface area contributed by atoms with Gasteiger partial charge in [-0.3, -0.25) is 0 Å². The maximum atomic E-state index is 2.38. The molecule has 1 aliphatic rings. The van der Waals surface area contributed by atoms with Crippen molar-refractivity contribution in [2.75, 3.05) is 0 Å². The standard InChI is InChI=1S/C18H20/c1-10-6-15-9-16-7-12(3)13(4)14(5)18(16)17(15)8-11(10)2/h6-8H,9H2,1-5H3. The van der Waals surface area contributed by atoms with Crippen LogP contribution >= 0.6 is 0 Å². The van der Waals surface area contributed by atoms with Crippen LogP contribution in [0.4, 0.5) is 0 Å². The quantitative estimate of drug-likeness (QED) is 0.526. The van der Waals surface area contributed by atoms with Crippen LogP contribution in [-0.2, 0) is 6.42 Å². The zero-order chi connectivity index (χ0) is 13.0. The van der Waals surface area contributed by atoms with E-state index in [9.17, 15) is 0 Å². The Balaban J connectivity index is 2.34. The smallest absolute Gasteiger partial charge is 0.00131 e. The molecule has 92 valence electrons. The first-order chi connectivity index (χ1) is 8.49. The second-order valence-corrected chi connectivity index (χ2v) is 5.75. The molecule has 0 heterocycles. The van der Waals surface area contributed by atoms with Gasteiger partial charge in [0.25, 0.3) is 0 Å². The Kier molecular flexibility index (Phi) is 2.38. The van der Waals surface area contributed by atoms with Crippen molar-refractivity contribution in [2.45, 2.75) is 41.0 Å². The van der Waals surface area contributed by atoms with Crippen LogP contribution in [0.25, 0.3) is 11.1 Å². The second-order valence-electron chi connectivity index (χ2n) is 5.75. The van der Waals surface area contributed by atoms with Gasteiger partial charge in [0.2, 0.25) is 0 Å². The van der Waals surface area contributed by atoms with Crippen LogP contribution < -0.4 is 0 Å². The number of hydrogen-bond donors (Lipinski definition) is 0. The summed E-state index contributed by atoms with van der Waals surface area (Å²) in [6, 6.07) is 7.12. The van der Waals surface area contributed by atoms with Gasteiger partial charge >= 0.3 is 0 Å². The van der Waals surface area contributed by atoms with Gasteiger partial charge in [-0.2, -0.15) is 0 Å². The summed E-state index contributed by atoms with van der Waals surface area (Å²) in [5.41, 5.74) is 13.1. The van der Waals surface area contributed by atoms with E-state index in [1.807, 2.05) is 0 Å². The Labute approximate surface area is 110 Å². The summed E-state index contributed by atoms with van der Waals surface area (Å²) in [5.74, 6) is 0.